The lowest BCUT2D eigenvalue weighted by Gasteiger charge is -2.17. The maximum atomic E-state index is 12.4. The number of ether oxygens (including phenoxy) is 1. The molecule has 1 unspecified atom stereocenters. The number of carbonyl (C=O) groups is 2. The summed E-state index contributed by atoms with van der Waals surface area (Å²) in [4.78, 5) is 23.8. The normalized spacial score (nSPS) is 14.6. The number of rotatable bonds is 6. The van der Waals surface area contributed by atoms with Crippen LogP contribution in [0.15, 0.2) is 30.5 Å². The van der Waals surface area contributed by atoms with E-state index in [1.807, 2.05) is 19.1 Å². The predicted octanol–water partition coefficient (Wildman–Crippen LogP) is 2.63. The van der Waals surface area contributed by atoms with E-state index in [0.29, 0.717) is 31.0 Å². The molecule has 2 aromatic rings. The molecule has 1 aliphatic heterocycles. The minimum Gasteiger partial charge on any atom is -0.480 e. The van der Waals surface area contributed by atoms with Crippen LogP contribution < -0.4 is 5.32 Å². The number of hydrogen-bond acceptors (Lipinski definition) is 4. The Labute approximate surface area is 145 Å². The maximum absolute atomic E-state index is 12.4. The topological polar surface area (TPSA) is 93.5 Å². The van der Waals surface area contributed by atoms with Crippen molar-refractivity contribution in [1.82, 2.24) is 9.78 Å². The van der Waals surface area contributed by atoms with Gasteiger partial charge in [-0.3, -0.25) is 9.48 Å². The monoisotopic (exact) mass is 343 g/mol. The molecule has 1 aliphatic rings. The number of carboxylic acid groups (broad SMARTS) is 1. The number of hydrogen-bond donors (Lipinski definition) is 2. The molecule has 0 spiro atoms. The molecular formula is C18H21N3O4. The largest absolute Gasteiger partial charge is 0.480 e. The van der Waals surface area contributed by atoms with Crippen LogP contribution in [0, 0.1) is 0 Å². The van der Waals surface area contributed by atoms with Crippen LogP contribution in [0.4, 0.5) is 5.82 Å². The van der Waals surface area contributed by atoms with Crippen molar-refractivity contribution in [2.75, 3.05) is 11.9 Å². The maximum Gasteiger partial charge on any atom is 0.328 e. The Morgan fingerprint density at radius 2 is 2.20 bits per heavy atom. The van der Waals surface area contributed by atoms with Gasteiger partial charge >= 0.3 is 5.97 Å². The molecule has 2 N–H and O–H groups in total. The lowest BCUT2D eigenvalue weighted by Crippen LogP contribution is -2.20. The van der Waals surface area contributed by atoms with Crippen LogP contribution in [0.1, 0.15) is 47.3 Å². The highest BCUT2D eigenvalue weighted by molar-refractivity contribution is 6.03. The summed E-state index contributed by atoms with van der Waals surface area (Å²) in [6.45, 7) is 3.16. The van der Waals surface area contributed by atoms with Gasteiger partial charge in [0.05, 0.1) is 13.2 Å². The fourth-order valence-corrected chi connectivity index (χ4v) is 2.91. The number of carboxylic acids is 1. The Kier molecular flexibility index (Phi) is 5.14. The molecule has 25 heavy (non-hydrogen) atoms. The number of aromatic nitrogens is 2. The molecule has 0 aliphatic carbocycles. The Hall–Kier alpha value is -2.67. The Balaban J connectivity index is 1.72. The summed E-state index contributed by atoms with van der Waals surface area (Å²) in [5.74, 6) is -0.852. The zero-order valence-electron chi connectivity index (χ0n) is 14.1. The van der Waals surface area contributed by atoms with Gasteiger partial charge in [0.2, 0.25) is 0 Å². The molecule has 2 heterocycles. The molecule has 132 valence electrons. The second-order valence-corrected chi connectivity index (χ2v) is 6.06. The number of carbonyl (C=O) groups excluding carboxylic acids is 1. The van der Waals surface area contributed by atoms with Crippen LogP contribution >= 0.6 is 0 Å². The van der Waals surface area contributed by atoms with E-state index >= 15 is 0 Å². The van der Waals surface area contributed by atoms with E-state index in [2.05, 4.69) is 10.4 Å². The first-order valence-electron chi connectivity index (χ1n) is 8.37. The quantitative estimate of drug-likeness (QED) is 0.841. The molecule has 0 fully saturated rings. The third kappa shape index (κ3) is 3.88. The molecule has 1 atom stereocenters. The van der Waals surface area contributed by atoms with Crippen molar-refractivity contribution in [3.8, 4) is 0 Å². The molecule has 0 bridgehead atoms. The van der Waals surface area contributed by atoms with E-state index < -0.39 is 12.0 Å². The summed E-state index contributed by atoms with van der Waals surface area (Å²) in [6.07, 6.45) is 3.59. The summed E-state index contributed by atoms with van der Waals surface area (Å²) >= 11 is 0. The van der Waals surface area contributed by atoms with Crippen LogP contribution in [-0.4, -0.2) is 33.4 Å². The van der Waals surface area contributed by atoms with Gasteiger partial charge in [0, 0.05) is 17.8 Å². The number of aliphatic carboxylic acids is 1. The van der Waals surface area contributed by atoms with E-state index in [4.69, 9.17) is 4.74 Å². The number of anilines is 1. The van der Waals surface area contributed by atoms with Crippen molar-refractivity contribution in [3.05, 3.63) is 47.2 Å². The van der Waals surface area contributed by atoms with Crippen molar-refractivity contribution in [1.29, 1.82) is 0 Å². The Bertz CT molecular complexity index is 784. The van der Waals surface area contributed by atoms with Crippen molar-refractivity contribution >= 4 is 17.7 Å². The summed E-state index contributed by atoms with van der Waals surface area (Å²) < 4.78 is 6.78. The third-order valence-electron chi connectivity index (χ3n) is 4.26. The molecule has 1 aromatic carbocycles. The smallest absolute Gasteiger partial charge is 0.328 e. The molecular weight excluding hydrogens is 322 g/mol. The molecule has 7 nitrogen and oxygen atoms in total. The van der Waals surface area contributed by atoms with Crippen molar-refractivity contribution in [2.24, 2.45) is 0 Å². The summed E-state index contributed by atoms with van der Waals surface area (Å²) in [5, 5.41) is 16.2. The van der Waals surface area contributed by atoms with Gasteiger partial charge in [-0.25, -0.2) is 4.79 Å². The average molecular weight is 343 g/mol. The first-order valence-corrected chi connectivity index (χ1v) is 8.37. The van der Waals surface area contributed by atoms with Crippen LogP contribution in [-0.2, 0) is 22.6 Å². The first-order chi connectivity index (χ1) is 12.1. The average Bonchev–Trinajstić information content (AvgIpc) is 3.06. The van der Waals surface area contributed by atoms with Crippen LogP contribution in [0.5, 0.6) is 0 Å². The third-order valence-corrected chi connectivity index (χ3v) is 4.26. The van der Waals surface area contributed by atoms with Crippen LogP contribution in [0.2, 0.25) is 0 Å². The lowest BCUT2D eigenvalue weighted by atomic mass is 10.00. The summed E-state index contributed by atoms with van der Waals surface area (Å²) in [7, 11) is 0. The van der Waals surface area contributed by atoms with Gasteiger partial charge in [-0.15, -0.1) is 0 Å². The van der Waals surface area contributed by atoms with Gasteiger partial charge in [-0.1, -0.05) is 19.4 Å². The standard InChI is InChI=1S/C18H21N3O4/c1-2-3-15(18(23)24)21-8-6-16(20-21)19-17(22)13-4-5-14-11-25-9-7-12(14)10-13/h4-6,8,10,15H,2-3,7,9,11H2,1H3,(H,23,24)(H,19,20,22). The zero-order chi connectivity index (χ0) is 17.8. The number of benzene rings is 1. The molecule has 0 saturated carbocycles. The zero-order valence-corrected chi connectivity index (χ0v) is 14.1. The molecule has 1 amide bonds. The SMILES string of the molecule is CCCC(C(=O)O)n1ccc(NC(=O)c2ccc3c(c2)CCOC3)n1. The summed E-state index contributed by atoms with van der Waals surface area (Å²) in [6, 6.07) is 6.43. The van der Waals surface area contributed by atoms with Crippen molar-refractivity contribution < 1.29 is 19.4 Å². The molecule has 0 saturated heterocycles. The van der Waals surface area contributed by atoms with E-state index in [9.17, 15) is 14.7 Å². The molecule has 1 aromatic heterocycles. The van der Waals surface area contributed by atoms with E-state index in [1.165, 1.54) is 4.68 Å². The minimum atomic E-state index is -0.931. The number of amides is 1. The second-order valence-electron chi connectivity index (χ2n) is 6.06. The molecule has 0 radical (unpaired) electrons. The predicted molar refractivity (Wildman–Crippen MR) is 91.6 cm³/mol. The lowest BCUT2D eigenvalue weighted by molar-refractivity contribution is -0.141. The highest BCUT2D eigenvalue weighted by Gasteiger charge is 2.20. The fourth-order valence-electron chi connectivity index (χ4n) is 2.91. The van der Waals surface area contributed by atoms with Crippen molar-refractivity contribution in [3.63, 3.8) is 0 Å². The Morgan fingerprint density at radius 3 is 2.96 bits per heavy atom. The van der Waals surface area contributed by atoms with Crippen LogP contribution in [0.25, 0.3) is 0 Å². The summed E-state index contributed by atoms with van der Waals surface area (Å²) in [5.41, 5.74) is 2.79. The van der Waals surface area contributed by atoms with Gasteiger partial charge < -0.3 is 15.2 Å². The highest BCUT2D eigenvalue weighted by Crippen LogP contribution is 2.20. The van der Waals surface area contributed by atoms with E-state index in [-0.39, 0.29) is 5.91 Å². The highest BCUT2D eigenvalue weighted by atomic mass is 16.5. The van der Waals surface area contributed by atoms with E-state index in [0.717, 1.165) is 24.0 Å². The molecule has 7 heteroatoms. The first kappa shape index (κ1) is 17.2. The molecule has 3 rings (SSSR count). The minimum absolute atomic E-state index is 0.262. The number of fused-ring (bicyclic) bond motifs is 1. The van der Waals surface area contributed by atoms with E-state index in [1.54, 1.807) is 18.3 Å². The fraction of sp³-hybridized carbons (Fsp3) is 0.389. The Morgan fingerprint density at radius 1 is 1.36 bits per heavy atom. The van der Waals surface area contributed by atoms with Gasteiger partial charge in [0.1, 0.15) is 6.04 Å². The number of nitrogens with zero attached hydrogens (tertiary/aromatic N) is 2. The number of nitrogens with one attached hydrogen (secondary N) is 1. The van der Waals surface area contributed by atoms with Gasteiger partial charge in [0.15, 0.2) is 5.82 Å². The van der Waals surface area contributed by atoms with Gasteiger partial charge in [-0.05, 0) is 36.1 Å². The van der Waals surface area contributed by atoms with Crippen LogP contribution in [0.3, 0.4) is 0 Å². The van der Waals surface area contributed by atoms with Gasteiger partial charge in [-0.2, -0.15) is 5.10 Å². The van der Waals surface area contributed by atoms with Crippen molar-refractivity contribution in [2.45, 2.75) is 38.8 Å². The van der Waals surface area contributed by atoms with Gasteiger partial charge in [0.25, 0.3) is 5.91 Å². The second kappa shape index (κ2) is 7.48.